The van der Waals surface area contributed by atoms with Crippen LogP contribution in [0.3, 0.4) is 0 Å². The molecule has 0 N–H and O–H groups in total. The van der Waals surface area contributed by atoms with E-state index in [4.69, 9.17) is 4.74 Å². The molecule has 0 aromatic heterocycles. The maximum atomic E-state index is 6.16. The van der Waals surface area contributed by atoms with E-state index >= 15 is 0 Å². The van der Waals surface area contributed by atoms with Crippen LogP contribution in [0.5, 0.6) is 0 Å². The van der Waals surface area contributed by atoms with Gasteiger partial charge in [-0.1, -0.05) is 29.8 Å². The first kappa shape index (κ1) is 10.9. The first-order valence-electron chi connectivity index (χ1n) is 6.02. The molecule has 0 saturated heterocycles. The topological polar surface area (TPSA) is 9.23 Å². The van der Waals surface area contributed by atoms with Crippen LogP contribution in [0.25, 0.3) is 0 Å². The van der Waals surface area contributed by atoms with Gasteiger partial charge in [0.1, 0.15) is 0 Å². The van der Waals surface area contributed by atoms with E-state index in [1.165, 1.54) is 38.5 Å². The smallest absolute Gasteiger partial charge is 0.0656 e. The van der Waals surface area contributed by atoms with E-state index in [1.807, 2.05) is 0 Å². The van der Waals surface area contributed by atoms with Gasteiger partial charge in [0.25, 0.3) is 0 Å². The van der Waals surface area contributed by atoms with Crippen LogP contribution >= 0.6 is 15.9 Å². The Morgan fingerprint density at radius 3 is 2.29 bits per heavy atom. The van der Waals surface area contributed by atoms with Crippen molar-refractivity contribution in [2.75, 3.05) is 0 Å². The summed E-state index contributed by atoms with van der Waals surface area (Å²) in [6.45, 7) is 4.60. The molecule has 2 fully saturated rings. The first-order chi connectivity index (χ1) is 6.73. The summed E-state index contributed by atoms with van der Waals surface area (Å²) >= 11 is 3.79. The molecule has 2 aliphatic rings. The summed E-state index contributed by atoms with van der Waals surface area (Å²) in [5.41, 5.74) is 0.440. The maximum absolute atomic E-state index is 6.16. The lowest BCUT2D eigenvalue weighted by atomic mass is 9.62. The third-order valence-corrected chi connectivity index (χ3v) is 5.70. The Kier molecular flexibility index (Phi) is 3.23. The van der Waals surface area contributed by atoms with Gasteiger partial charge in [0.05, 0.1) is 12.2 Å². The molecule has 2 rings (SSSR count). The van der Waals surface area contributed by atoms with E-state index in [9.17, 15) is 0 Å². The van der Waals surface area contributed by atoms with Gasteiger partial charge in [0.2, 0.25) is 0 Å². The molecule has 0 spiro atoms. The first-order valence-corrected chi connectivity index (χ1v) is 6.94. The molecule has 2 aliphatic carbocycles. The number of alkyl halides is 1. The second-order valence-electron chi connectivity index (χ2n) is 4.82. The molecular formula is C12H21BrO. The van der Waals surface area contributed by atoms with Gasteiger partial charge in [-0.25, -0.2) is 0 Å². The van der Waals surface area contributed by atoms with Crippen molar-refractivity contribution in [3.63, 3.8) is 0 Å². The van der Waals surface area contributed by atoms with E-state index < -0.39 is 0 Å². The standard InChI is InChI=1S/C12H21BrO/c1-3-12(4-2)10(13)8-11(12)14-9-6-5-7-9/h9-11H,3-8H2,1-2H3. The Labute approximate surface area is 95.7 Å². The van der Waals surface area contributed by atoms with Crippen LogP contribution in [0, 0.1) is 5.41 Å². The number of halogens is 1. The van der Waals surface area contributed by atoms with Crippen LogP contribution < -0.4 is 0 Å². The van der Waals surface area contributed by atoms with E-state index in [1.54, 1.807) is 0 Å². The third-order valence-electron chi connectivity index (χ3n) is 4.41. The quantitative estimate of drug-likeness (QED) is 0.697. The Bertz CT molecular complexity index is 196. The highest BCUT2D eigenvalue weighted by Gasteiger charge is 2.53. The van der Waals surface area contributed by atoms with Crippen LogP contribution in [0.1, 0.15) is 52.4 Å². The normalized spacial score (nSPS) is 36.2. The number of hydrogen-bond donors (Lipinski definition) is 0. The van der Waals surface area contributed by atoms with Gasteiger partial charge in [0.15, 0.2) is 0 Å². The predicted molar refractivity (Wildman–Crippen MR) is 62.9 cm³/mol. The van der Waals surface area contributed by atoms with Crippen molar-refractivity contribution in [3.8, 4) is 0 Å². The molecule has 14 heavy (non-hydrogen) atoms. The highest BCUT2D eigenvalue weighted by molar-refractivity contribution is 9.09. The number of ether oxygens (including phenoxy) is 1. The van der Waals surface area contributed by atoms with Gasteiger partial charge >= 0.3 is 0 Å². The fourth-order valence-corrected chi connectivity index (χ4v) is 4.06. The van der Waals surface area contributed by atoms with Crippen molar-refractivity contribution in [1.82, 2.24) is 0 Å². The molecule has 0 aliphatic heterocycles. The summed E-state index contributed by atoms with van der Waals surface area (Å²) in [6, 6.07) is 0. The SMILES string of the molecule is CCC1(CC)C(Br)CC1OC1CCC1. The molecule has 2 atom stereocenters. The maximum Gasteiger partial charge on any atom is 0.0656 e. The number of hydrogen-bond acceptors (Lipinski definition) is 1. The molecule has 2 unspecified atom stereocenters. The molecule has 82 valence electrons. The summed E-state index contributed by atoms with van der Waals surface area (Å²) < 4.78 is 6.16. The largest absolute Gasteiger partial charge is 0.374 e. The molecule has 0 heterocycles. The highest BCUT2D eigenvalue weighted by atomic mass is 79.9. The zero-order valence-electron chi connectivity index (χ0n) is 9.26. The minimum Gasteiger partial charge on any atom is -0.374 e. The molecule has 0 aromatic carbocycles. The molecular weight excluding hydrogens is 240 g/mol. The minimum absolute atomic E-state index is 0.440. The van der Waals surface area contributed by atoms with E-state index in [0.29, 0.717) is 22.5 Å². The van der Waals surface area contributed by atoms with Crippen molar-refractivity contribution in [2.24, 2.45) is 5.41 Å². The zero-order valence-corrected chi connectivity index (χ0v) is 10.8. The lowest BCUT2D eigenvalue weighted by Gasteiger charge is -2.54. The molecule has 0 amide bonds. The summed E-state index contributed by atoms with van der Waals surface area (Å²) in [7, 11) is 0. The van der Waals surface area contributed by atoms with Crippen molar-refractivity contribution < 1.29 is 4.74 Å². The van der Waals surface area contributed by atoms with Crippen LogP contribution in [0.4, 0.5) is 0 Å². The summed E-state index contributed by atoms with van der Waals surface area (Å²) in [5, 5.41) is 0. The second-order valence-corrected chi connectivity index (χ2v) is 5.93. The van der Waals surface area contributed by atoms with Gasteiger partial charge in [-0.2, -0.15) is 0 Å². The van der Waals surface area contributed by atoms with Crippen molar-refractivity contribution in [1.29, 1.82) is 0 Å². The number of rotatable bonds is 4. The summed E-state index contributed by atoms with van der Waals surface area (Å²) in [6.07, 6.45) is 8.82. The third kappa shape index (κ3) is 1.55. The van der Waals surface area contributed by atoms with Gasteiger partial charge in [-0.3, -0.25) is 0 Å². The zero-order chi connectivity index (χ0) is 10.2. The average molecular weight is 261 g/mol. The van der Waals surface area contributed by atoms with E-state index in [2.05, 4.69) is 29.8 Å². The fraction of sp³-hybridized carbons (Fsp3) is 1.00. The van der Waals surface area contributed by atoms with Gasteiger partial charge in [0, 0.05) is 10.2 Å². The van der Waals surface area contributed by atoms with Crippen LogP contribution in [0.2, 0.25) is 0 Å². The Hall–Kier alpha value is 0.440. The van der Waals surface area contributed by atoms with E-state index in [0.717, 1.165) is 0 Å². The second kappa shape index (κ2) is 4.13. The molecule has 1 nitrogen and oxygen atoms in total. The highest BCUT2D eigenvalue weighted by Crippen LogP contribution is 2.53. The minimum atomic E-state index is 0.440. The molecule has 2 saturated carbocycles. The predicted octanol–water partition coefficient (Wildman–Crippen LogP) is 3.90. The Morgan fingerprint density at radius 2 is 1.93 bits per heavy atom. The molecule has 2 heteroatoms. The molecule has 0 bridgehead atoms. The van der Waals surface area contributed by atoms with Crippen molar-refractivity contribution in [2.45, 2.75) is 69.4 Å². The van der Waals surface area contributed by atoms with Gasteiger partial charge < -0.3 is 4.74 Å². The lowest BCUT2D eigenvalue weighted by Crippen LogP contribution is -2.56. The van der Waals surface area contributed by atoms with Crippen LogP contribution in [-0.2, 0) is 4.74 Å². The monoisotopic (exact) mass is 260 g/mol. The Morgan fingerprint density at radius 1 is 1.29 bits per heavy atom. The van der Waals surface area contributed by atoms with E-state index in [-0.39, 0.29) is 0 Å². The van der Waals surface area contributed by atoms with Gasteiger partial charge in [-0.15, -0.1) is 0 Å². The summed E-state index contributed by atoms with van der Waals surface area (Å²) in [4.78, 5) is 0.690. The fourth-order valence-electron chi connectivity index (χ4n) is 2.78. The van der Waals surface area contributed by atoms with Crippen molar-refractivity contribution in [3.05, 3.63) is 0 Å². The lowest BCUT2D eigenvalue weighted by molar-refractivity contribution is -0.157. The van der Waals surface area contributed by atoms with Crippen molar-refractivity contribution >= 4 is 15.9 Å². The molecule has 0 aromatic rings. The van der Waals surface area contributed by atoms with Crippen LogP contribution in [-0.4, -0.2) is 17.0 Å². The average Bonchev–Trinajstić information content (AvgIpc) is 2.11. The van der Waals surface area contributed by atoms with Crippen LogP contribution in [0.15, 0.2) is 0 Å². The Balaban J connectivity index is 1.92. The molecule has 0 radical (unpaired) electrons. The van der Waals surface area contributed by atoms with Gasteiger partial charge in [-0.05, 0) is 38.5 Å². The summed E-state index contributed by atoms with van der Waals surface area (Å²) in [5.74, 6) is 0.